The van der Waals surface area contributed by atoms with Gasteiger partial charge in [0, 0.05) is 12.5 Å². The maximum absolute atomic E-state index is 13.0. The van der Waals surface area contributed by atoms with Crippen molar-refractivity contribution in [2.24, 2.45) is 0 Å². The van der Waals surface area contributed by atoms with Crippen LogP contribution in [0, 0.1) is 5.82 Å². The van der Waals surface area contributed by atoms with Crippen molar-refractivity contribution in [2.45, 2.75) is 25.8 Å². The Morgan fingerprint density at radius 3 is 2.43 bits per heavy atom. The molecule has 2 aromatic carbocycles. The lowest BCUT2D eigenvalue weighted by molar-refractivity contribution is 0.286. The highest BCUT2D eigenvalue weighted by atomic mass is 19.1. The molecule has 1 atom stereocenters. The summed E-state index contributed by atoms with van der Waals surface area (Å²) in [6, 6.07) is 16.7. The maximum Gasteiger partial charge on any atom is 0.123 e. The van der Waals surface area contributed by atoms with E-state index in [9.17, 15) is 4.39 Å². The number of ether oxygens (including phenoxy) is 1. The number of hydrogen-bond donors (Lipinski definition) is 1. The van der Waals surface area contributed by atoms with Crippen molar-refractivity contribution in [2.75, 3.05) is 13.2 Å². The van der Waals surface area contributed by atoms with Crippen molar-refractivity contribution in [3.63, 3.8) is 0 Å². The fraction of sp³-hybridized carbons (Fsp3) is 0.333. The lowest BCUT2D eigenvalue weighted by atomic mass is 10.0. The third kappa shape index (κ3) is 5.20. The van der Waals surface area contributed by atoms with Crippen molar-refractivity contribution in [3.8, 4) is 5.75 Å². The van der Waals surface area contributed by atoms with Gasteiger partial charge in [-0.05, 0) is 42.8 Å². The Labute approximate surface area is 126 Å². The van der Waals surface area contributed by atoms with Gasteiger partial charge in [0.05, 0.1) is 6.61 Å². The molecule has 21 heavy (non-hydrogen) atoms. The highest BCUT2D eigenvalue weighted by Crippen LogP contribution is 2.18. The van der Waals surface area contributed by atoms with Gasteiger partial charge in [-0.3, -0.25) is 0 Å². The average molecular weight is 287 g/mol. The first kappa shape index (κ1) is 15.5. The summed E-state index contributed by atoms with van der Waals surface area (Å²) in [5.41, 5.74) is 1.10. The second-order valence-electron chi connectivity index (χ2n) is 5.01. The zero-order valence-electron chi connectivity index (χ0n) is 12.4. The number of rotatable bonds is 8. The summed E-state index contributed by atoms with van der Waals surface area (Å²) in [5, 5.41) is 3.49. The molecule has 0 spiro atoms. The zero-order chi connectivity index (χ0) is 14.9. The van der Waals surface area contributed by atoms with Crippen LogP contribution in [0.3, 0.4) is 0 Å². The topological polar surface area (TPSA) is 21.3 Å². The van der Waals surface area contributed by atoms with E-state index in [1.807, 2.05) is 42.5 Å². The summed E-state index contributed by atoms with van der Waals surface area (Å²) in [7, 11) is 0. The molecule has 0 heterocycles. The van der Waals surface area contributed by atoms with Gasteiger partial charge in [-0.2, -0.15) is 0 Å². The van der Waals surface area contributed by atoms with Gasteiger partial charge < -0.3 is 10.1 Å². The first-order valence-corrected chi connectivity index (χ1v) is 7.46. The SMILES string of the molecule is CCCNC(CCOc1ccccc1)c1ccc(F)cc1. The van der Waals surface area contributed by atoms with E-state index in [2.05, 4.69) is 12.2 Å². The summed E-state index contributed by atoms with van der Waals surface area (Å²) < 4.78 is 18.8. The van der Waals surface area contributed by atoms with E-state index in [0.29, 0.717) is 6.61 Å². The number of benzene rings is 2. The monoisotopic (exact) mass is 287 g/mol. The molecule has 2 nitrogen and oxygen atoms in total. The molecule has 0 aliphatic heterocycles. The minimum absolute atomic E-state index is 0.189. The fourth-order valence-electron chi connectivity index (χ4n) is 2.21. The minimum Gasteiger partial charge on any atom is -0.494 e. The summed E-state index contributed by atoms with van der Waals surface area (Å²) >= 11 is 0. The minimum atomic E-state index is -0.200. The third-order valence-electron chi connectivity index (χ3n) is 3.33. The van der Waals surface area contributed by atoms with Crippen LogP contribution in [-0.2, 0) is 0 Å². The van der Waals surface area contributed by atoms with Crippen LogP contribution < -0.4 is 10.1 Å². The molecular weight excluding hydrogens is 265 g/mol. The van der Waals surface area contributed by atoms with E-state index in [1.165, 1.54) is 12.1 Å². The Hall–Kier alpha value is -1.87. The molecule has 2 aromatic rings. The van der Waals surface area contributed by atoms with Crippen LogP contribution in [0.25, 0.3) is 0 Å². The lowest BCUT2D eigenvalue weighted by Crippen LogP contribution is -2.24. The van der Waals surface area contributed by atoms with E-state index in [1.54, 1.807) is 0 Å². The highest BCUT2D eigenvalue weighted by molar-refractivity contribution is 5.22. The van der Waals surface area contributed by atoms with Crippen LogP contribution in [0.15, 0.2) is 54.6 Å². The molecule has 1 N–H and O–H groups in total. The number of halogens is 1. The molecule has 2 rings (SSSR count). The summed E-state index contributed by atoms with van der Waals surface area (Å²) in [6.45, 7) is 3.70. The van der Waals surface area contributed by atoms with E-state index in [4.69, 9.17) is 4.74 Å². The van der Waals surface area contributed by atoms with E-state index >= 15 is 0 Å². The largest absolute Gasteiger partial charge is 0.494 e. The Bertz CT molecular complexity index is 513. The quantitative estimate of drug-likeness (QED) is 0.780. The summed E-state index contributed by atoms with van der Waals surface area (Å²) in [4.78, 5) is 0. The zero-order valence-corrected chi connectivity index (χ0v) is 12.4. The number of nitrogens with one attached hydrogen (secondary N) is 1. The molecule has 1 unspecified atom stereocenters. The second kappa shape index (κ2) is 8.42. The van der Waals surface area contributed by atoms with Crippen molar-refractivity contribution in [1.29, 1.82) is 0 Å². The Balaban J connectivity index is 1.91. The van der Waals surface area contributed by atoms with Crippen LogP contribution in [0.2, 0.25) is 0 Å². The van der Waals surface area contributed by atoms with Crippen molar-refractivity contribution in [3.05, 3.63) is 66.0 Å². The van der Waals surface area contributed by atoms with Gasteiger partial charge in [0.2, 0.25) is 0 Å². The summed E-state index contributed by atoms with van der Waals surface area (Å²) in [5.74, 6) is 0.680. The normalized spacial score (nSPS) is 12.1. The van der Waals surface area contributed by atoms with Gasteiger partial charge in [0.15, 0.2) is 0 Å². The smallest absolute Gasteiger partial charge is 0.123 e. The molecule has 0 saturated carbocycles. The van der Waals surface area contributed by atoms with E-state index in [0.717, 1.165) is 30.7 Å². The van der Waals surface area contributed by atoms with Crippen molar-refractivity contribution < 1.29 is 9.13 Å². The molecule has 0 bridgehead atoms. The number of hydrogen-bond acceptors (Lipinski definition) is 2. The van der Waals surface area contributed by atoms with Crippen LogP contribution in [0.4, 0.5) is 4.39 Å². The van der Waals surface area contributed by atoms with Gasteiger partial charge in [0.1, 0.15) is 11.6 Å². The third-order valence-corrected chi connectivity index (χ3v) is 3.33. The summed E-state index contributed by atoms with van der Waals surface area (Å²) in [6.07, 6.45) is 1.91. The maximum atomic E-state index is 13.0. The molecule has 0 aliphatic carbocycles. The van der Waals surface area contributed by atoms with E-state index in [-0.39, 0.29) is 11.9 Å². The second-order valence-corrected chi connectivity index (χ2v) is 5.01. The lowest BCUT2D eigenvalue weighted by Gasteiger charge is -2.19. The molecule has 112 valence electrons. The first-order chi connectivity index (χ1) is 10.3. The van der Waals surface area contributed by atoms with Gasteiger partial charge in [0.25, 0.3) is 0 Å². The fourth-order valence-corrected chi connectivity index (χ4v) is 2.21. The van der Waals surface area contributed by atoms with Crippen LogP contribution in [-0.4, -0.2) is 13.2 Å². The first-order valence-electron chi connectivity index (χ1n) is 7.46. The molecule has 0 fully saturated rings. The van der Waals surface area contributed by atoms with Crippen molar-refractivity contribution in [1.82, 2.24) is 5.32 Å². The predicted octanol–water partition coefficient (Wildman–Crippen LogP) is 4.34. The molecule has 0 saturated heterocycles. The molecule has 0 amide bonds. The van der Waals surface area contributed by atoms with Crippen LogP contribution in [0.1, 0.15) is 31.4 Å². The predicted molar refractivity (Wildman–Crippen MR) is 84.0 cm³/mol. The van der Waals surface area contributed by atoms with E-state index < -0.39 is 0 Å². The highest BCUT2D eigenvalue weighted by Gasteiger charge is 2.11. The number of para-hydroxylation sites is 1. The van der Waals surface area contributed by atoms with Crippen molar-refractivity contribution >= 4 is 0 Å². The van der Waals surface area contributed by atoms with Gasteiger partial charge in [-0.25, -0.2) is 4.39 Å². The van der Waals surface area contributed by atoms with Gasteiger partial charge in [-0.1, -0.05) is 37.3 Å². The molecule has 3 heteroatoms. The molecule has 0 aromatic heterocycles. The van der Waals surface area contributed by atoms with Gasteiger partial charge >= 0.3 is 0 Å². The Kier molecular flexibility index (Phi) is 6.22. The average Bonchev–Trinajstić information content (AvgIpc) is 2.53. The molecular formula is C18H22FNO. The Morgan fingerprint density at radius 1 is 1.05 bits per heavy atom. The van der Waals surface area contributed by atoms with Crippen LogP contribution >= 0.6 is 0 Å². The molecule has 0 radical (unpaired) electrons. The Morgan fingerprint density at radius 2 is 1.76 bits per heavy atom. The van der Waals surface area contributed by atoms with Gasteiger partial charge in [-0.15, -0.1) is 0 Å². The molecule has 0 aliphatic rings. The van der Waals surface area contributed by atoms with Crippen LogP contribution in [0.5, 0.6) is 5.75 Å². The standard InChI is InChI=1S/C18H22FNO/c1-2-13-20-18(15-8-10-16(19)11-9-15)12-14-21-17-6-4-3-5-7-17/h3-11,18,20H,2,12-14H2,1H3.